The van der Waals surface area contributed by atoms with E-state index in [1.165, 1.54) is 19.1 Å². The molecule has 0 aromatic heterocycles. The Kier molecular flexibility index (Phi) is 4.31. The van der Waals surface area contributed by atoms with Crippen LogP contribution >= 0.6 is 0 Å². The number of esters is 2. The molecule has 1 aromatic rings. The Balaban J connectivity index is 3.13. The van der Waals surface area contributed by atoms with E-state index in [9.17, 15) is 19.2 Å². The third kappa shape index (κ3) is 3.00. The van der Waals surface area contributed by atoms with Crippen molar-refractivity contribution in [2.24, 2.45) is 0 Å². The first-order valence-electron chi connectivity index (χ1n) is 4.93. The minimum atomic E-state index is -1.06. The lowest BCUT2D eigenvalue weighted by atomic mass is 10.1. The smallest absolute Gasteiger partial charge is 0.376 e. The van der Waals surface area contributed by atoms with E-state index in [1.54, 1.807) is 6.92 Å². The van der Waals surface area contributed by atoms with Gasteiger partial charge in [0.2, 0.25) is 12.6 Å². The van der Waals surface area contributed by atoms with Crippen LogP contribution in [0.4, 0.5) is 0 Å². The first-order valence-corrected chi connectivity index (χ1v) is 4.93. The van der Waals surface area contributed by atoms with Crippen molar-refractivity contribution in [3.05, 3.63) is 23.3 Å². The molecule has 6 heteroatoms. The van der Waals surface area contributed by atoms with Crippen LogP contribution < -0.4 is 9.47 Å². The van der Waals surface area contributed by atoms with Crippen molar-refractivity contribution in [1.29, 1.82) is 0 Å². The predicted octanol–water partition coefficient (Wildman–Crippen LogP) is 0.512. The van der Waals surface area contributed by atoms with Gasteiger partial charge in [0.1, 0.15) is 11.5 Å². The van der Waals surface area contributed by atoms with Crippen molar-refractivity contribution < 1.29 is 28.7 Å². The maximum absolute atomic E-state index is 10.9. The molecular weight excluding hydrogens is 240 g/mol. The highest BCUT2D eigenvalue weighted by Crippen LogP contribution is 2.31. The monoisotopic (exact) mass is 250 g/mol. The fraction of sp³-hybridized carbons (Fsp3) is 0.167. The zero-order valence-electron chi connectivity index (χ0n) is 9.76. The van der Waals surface area contributed by atoms with Gasteiger partial charge in [0, 0.05) is 5.56 Å². The van der Waals surface area contributed by atoms with Gasteiger partial charge in [-0.3, -0.25) is 9.59 Å². The predicted molar refractivity (Wildman–Crippen MR) is 59.3 cm³/mol. The van der Waals surface area contributed by atoms with Crippen LogP contribution in [-0.2, 0) is 19.2 Å². The van der Waals surface area contributed by atoms with Gasteiger partial charge in [-0.25, -0.2) is 9.59 Å². The second-order valence-corrected chi connectivity index (χ2v) is 3.41. The van der Waals surface area contributed by atoms with E-state index in [0.717, 1.165) is 0 Å². The fourth-order valence-electron chi connectivity index (χ4n) is 1.33. The normalized spacial score (nSPS) is 9.44. The van der Waals surface area contributed by atoms with Crippen LogP contribution in [0.1, 0.15) is 11.1 Å². The molecule has 0 N–H and O–H groups in total. The largest absolute Gasteiger partial charge is 0.421 e. The highest BCUT2D eigenvalue weighted by molar-refractivity contribution is 6.21. The maximum atomic E-state index is 10.9. The Labute approximate surface area is 102 Å². The minimum absolute atomic E-state index is 0.0242. The summed E-state index contributed by atoms with van der Waals surface area (Å²) in [5.41, 5.74) is 0.939. The summed E-state index contributed by atoms with van der Waals surface area (Å²) in [5, 5.41) is 0. The van der Waals surface area contributed by atoms with E-state index < -0.39 is 11.9 Å². The van der Waals surface area contributed by atoms with Crippen molar-refractivity contribution in [1.82, 2.24) is 0 Å². The van der Waals surface area contributed by atoms with Crippen LogP contribution in [0.5, 0.6) is 11.5 Å². The molecule has 6 nitrogen and oxygen atoms in total. The molecule has 0 saturated heterocycles. The van der Waals surface area contributed by atoms with Crippen molar-refractivity contribution >= 4 is 24.5 Å². The van der Waals surface area contributed by atoms with Crippen LogP contribution in [-0.4, -0.2) is 24.5 Å². The van der Waals surface area contributed by atoms with E-state index >= 15 is 0 Å². The van der Waals surface area contributed by atoms with Gasteiger partial charge in [0.15, 0.2) is 0 Å². The number of benzene rings is 1. The minimum Gasteiger partial charge on any atom is -0.421 e. The van der Waals surface area contributed by atoms with Gasteiger partial charge in [-0.05, 0) is 25.5 Å². The van der Waals surface area contributed by atoms with Gasteiger partial charge in [0.05, 0.1) is 0 Å². The maximum Gasteiger partial charge on any atom is 0.376 e. The number of hydrogen-bond acceptors (Lipinski definition) is 6. The second-order valence-electron chi connectivity index (χ2n) is 3.41. The molecule has 0 amide bonds. The Morgan fingerprint density at radius 2 is 1.56 bits per heavy atom. The average molecular weight is 250 g/mol. The van der Waals surface area contributed by atoms with Gasteiger partial charge in [-0.2, -0.15) is 0 Å². The first-order chi connectivity index (χ1) is 8.49. The number of carbonyl (C=O) groups is 4. The van der Waals surface area contributed by atoms with Crippen molar-refractivity contribution in [2.75, 3.05) is 0 Å². The standard InChI is InChI=1S/C12H10O6/c1-7-3-4-9(17-10(15)5-13)8(2)12(7)18-11(16)6-14/h3-6H,1-2H3. The Morgan fingerprint density at radius 1 is 1.00 bits per heavy atom. The molecule has 1 aromatic carbocycles. The molecule has 0 heterocycles. The topological polar surface area (TPSA) is 86.7 Å². The summed E-state index contributed by atoms with van der Waals surface area (Å²) in [6, 6.07) is 3.00. The van der Waals surface area contributed by atoms with Gasteiger partial charge in [0.25, 0.3) is 0 Å². The summed E-state index contributed by atoms with van der Waals surface area (Å²) in [7, 11) is 0. The molecule has 18 heavy (non-hydrogen) atoms. The lowest BCUT2D eigenvalue weighted by Crippen LogP contribution is -2.13. The number of ether oxygens (including phenoxy) is 2. The van der Waals surface area contributed by atoms with Crippen molar-refractivity contribution in [3.63, 3.8) is 0 Å². The Bertz CT molecular complexity index is 518. The van der Waals surface area contributed by atoms with E-state index in [-0.39, 0.29) is 24.1 Å². The molecule has 0 aliphatic carbocycles. The summed E-state index contributed by atoms with van der Waals surface area (Å²) in [6.45, 7) is 3.19. The summed E-state index contributed by atoms with van der Waals surface area (Å²) >= 11 is 0. The van der Waals surface area contributed by atoms with Crippen molar-refractivity contribution in [3.8, 4) is 11.5 Å². The molecule has 0 aliphatic rings. The fourth-order valence-corrected chi connectivity index (χ4v) is 1.33. The zero-order valence-corrected chi connectivity index (χ0v) is 9.76. The number of aldehydes is 2. The molecule has 0 unspecified atom stereocenters. The first kappa shape index (κ1) is 13.6. The van der Waals surface area contributed by atoms with E-state index in [0.29, 0.717) is 11.1 Å². The molecule has 0 bridgehead atoms. The van der Waals surface area contributed by atoms with Crippen LogP contribution in [0.15, 0.2) is 12.1 Å². The number of aryl methyl sites for hydroxylation is 1. The van der Waals surface area contributed by atoms with E-state index in [2.05, 4.69) is 0 Å². The SMILES string of the molecule is Cc1ccc(OC(=O)C=O)c(C)c1OC(=O)C=O. The molecule has 1 rings (SSSR count). The van der Waals surface area contributed by atoms with Gasteiger partial charge in [-0.1, -0.05) is 6.07 Å². The molecule has 0 aliphatic heterocycles. The van der Waals surface area contributed by atoms with Gasteiger partial charge >= 0.3 is 11.9 Å². The quantitative estimate of drug-likeness (QED) is 0.335. The molecule has 0 spiro atoms. The summed E-state index contributed by atoms with van der Waals surface area (Å²) in [5.74, 6) is -1.90. The van der Waals surface area contributed by atoms with Crippen LogP contribution in [0.3, 0.4) is 0 Å². The van der Waals surface area contributed by atoms with E-state index in [1.807, 2.05) is 0 Å². The molecule has 0 saturated carbocycles. The van der Waals surface area contributed by atoms with Crippen LogP contribution in [0, 0.1) is 13.8 Å². The molecule has 94 valence electrons. The van der Waals surface area contributed by atoms with Gasteiger partial charge in [-0.15, -0.1) is 0 Å². The number of carbonyl (C=O) groups excluding carboxylic acids is 4. The Hall–Kier alpha value is -2.50. The zero-order chi connectivity index (χ0) is 13.7. The third-order valence-electron chi connectivity index (χ3n) is 2.16. The van der Waals surface area contributed by atoms with E-state index in [4.69, 9.17) is 9.47 Å². The molecule has 0 atom stereocenters. The summed E-state index contributed by atoms with van der Waals surface area (Å²) in [6.07, 6.45) is 0.0549. The lowest BCUT2D eigenvalue weighted by Gasteiger charge is -2.11. The summed E-state index contributed by atoms with van der Waals surface area (Å²) < 4.78 is 9.51. The van der Waals surface area contributed by atoms with Gasteiger partial charge < -0.3 is 9.47 Å². The molecular formula is C12H10O6. The van der Waals surface area contributed by atoms with Crippen LogP contribution in [0.25, 0.3) is 0 Å². The van der Waals surface area contributed by atoms with Crippen LogP contribution in [0.2, 0.25) is 0 Å². The highest BCUT2D eigenvalue weighted by Gasteiger charge is 2.15. The molecule has 0 radical (unpaired) electrons. The third-order valence-corrected chi connectivity index (χ3v) is 2.16. The molecule has 0 fully saturated rings. The Morgan fingerprint density at radius 3 is 2.11 bits per heavy atom. The highest BCUT2D eigenvalue weighted by atomic mass is 16.6. The lowest BCUT2D eigenvalue weighted by molar-refractivity contribution is -0.141. The number of hydrogen-bond donors (Lipinski definition) is 0. The second kappa shape index (κ2) is 5.72. The number of rotatable bonds is 4. The van der Waals surface area contributed by atoms with Crippen molar-refractivity contribution in [2.45, 2.75) is 13.8 Å². The summed E-state index contributed by atoms with van der Waals surface area (Å²) in [4.78, 5) is 42.2. The average Bonchev–Trinajstić information content (AvgIpc) is 2.37.